The molecule has 0 saturated carbocycles. The van der Waals surface area contributed by atoms with Crippen molar-refractivity contribution >= 4 is 17.4 Å². The van der Waals surface area contributed by atoms with Crippen molar-refractivity contribution in [1.82, 2.24) is 10.3 Å². The highest BCUT2D eigenvalue weighted by molar-refractivity contribution is 6.30. The van der Waals surface area contributed by atoms with Crippen LogP contribution in [-0.4, -0.2) is 12.0 Å². The number of nitrogens with two attached hydrogens (primary N) is 1. The molecule has 18 heavy (non-hydrogen) atoms. The smallest absolute Gasteiger partial charge is 0.128 e. The summed E-state index contributed by atoms with van der Waals surface area (Å²) in [5.41, 5.74) is 9.19. The third kappa shape index (κ3) is 2.63. The number of halogens is 1. The number of nitrogens with zero attached hydrogens (tertiary/aromatic N) is 1. The zero-order valence-corrected chi connectivity index (χ0v) is 11.2. The second-order valence-corrected chi connectivity index (χ2v) is 4.70. The van der Waals surface area contributed by atoms with Gasteiger partial charge in [-0.25, -0.2) is 4.98 Å². The van der Waals surface area contributed by atoms with Gasteiger partial charge in [0.1, 0.15) is 5.82 Å². The number of aromatic nitrogens is 1. The average Bonchev–Trinajstić information content (AvgIpc) is 2.37. The zero-order chi connectivity index (χ0) is 13.1. The fourth-order valence-corrected chi connectivity index (χ4v) is 2.12. The molecule has 0 aliphatic rings. The SMILES string of the molecule is CNC(c1ccc(C)cc1)c1cc(Cl)cnc1N. The van der Waals surface area contributed by atoms with Crippen LogP contribution < -0.4 is 11.1 Å². The van der Waals surface area contributed by atoms with Gasteiger partial charge in [-0.1, -0.05) is 41.4 Å². The molecule has 0 spiro atoms. The lowest BCUT2D eigenvalue weighted by Gasteiger charge is -2.19. The molecular weight excluding hydrogens is 246 g/mol. The van der Waals surface area contributed by atoms with Gasteiger partial charge in [-0.15, -0.1) is 0 Å². The molecule has 0 aliphatic heterocycles. The molecule has 2 rings (SSSR count). The van der Waals surface area contributed by atoms with Crippen molar-refractivity contribution in [3.63, 3.8) is 0 Å². The number of benzene rings is 1. The van der Waals surface area contributed by atoms with Crippen LogP contribution in [0, 0.1) is 6.92 Å². The molecule has 0 bridgehead atoms. The van der Waals surface area contributed by atoms with Crippen molar-refractivity contribution in [2.24, 2.45) is 0 Å². The van der Waals surface area contributed by atoms with E-state index in [9.17, 15) is 0 Å². The van der Waals surface area contributed by atoms with E-state index in [-0.39, 0.29) is 6.04 Å². The van der Waals surface area contributed by atoms with Gasteiger partial charge in [0.05, 0.1) is 11.1 Å². The predicted octanol–water partition coefficient (Wildman–Crippen LogP) is 2.93. The summed E-state index contributed by atoms with van der Waals surface area (Å²) >= 11 is 5.98. The number of aryl methyl sites for hydroxylation is 1. The third-order valence-corrected chi connectivity index (χ3v) is 3.13. The van der Waals surface area contributed by atoms with Crippen molar-refractivity contribution in [3.8, 4) is 0 Å². The van der Waals surface area contributed by atoms with E-state index < -0.39 is 0 Å². The first-order valence-corrected chi connectivity index (χ1v) is 6.14. The third-order valence-electron chi connectivity index (χ3n) is 2.93. The van der Waals surface area contributed by atoms with E-state index >= 15 is 0 Å². The summed E-state index contributed by atoms with van der Waals surface area (Å²) in [6.07, 6.45) is 1.56. The molecule has 1 atom stereocenters. The highest BCUT2D eigenvalue weighted by atomic mass is 35.5. The van der Waals surface area contributed by atoms with Crippen LogP contribution in [0.4, 0.5) is 5.82 Å². The summed E-state index contributed by atoms with van der Waals surface area (Å²) in [6.45, 7) is 2.06. The Kier molecular flexibility index (Phi) is 3.84. The standard InChI is InChI=1S/C14H16ClN3/c1-9-3-5-10(6-4-9)13(17-2)12-7-11(15)8-18-14(12)16/h3-8,13,17H,1-2H3,(H2,16,18). The van der Waals surface area contributed by atoms with Gasteiger partial charge >= 0.3 is 0 Å². The Balaban J connectivity index is 2.44. The lowest BCUT2D eigenvalue weighted by Crippen LogP contribution is -2.19. The largest absolute Gasteiger partial charge is 0.383 e. The summed E-state index contributed by atoms with van der Waals surface area (Å²) in [7, 11) is 1.89. The number of anilines is 1. The number of nitrogens with one attached hydrogen (secondary N) is 1. The minimum atomic E-state index is -0.00296. The van der Waals surface area contributed by atoms with Crippen molar-refractivity contribution in [2.45, 2.75) is 13.0 Å². The highest BCUT2D eigenvalue weighted by Crippen LogP contribution is 2.27. The molecule has 0 radical (unpaired) electrons. The van der Waals surface area contributed by atoms with E-state index in [0.29, 0.717) is 10.8 Å². The Labute approximate surface area is 112 Å². The topological polar surface area (TPSA) is 50.9 Å². The van der Waals surface area contributed by atoms with Crippen molar-refractivity contribution in [3.05, 3.63) is 58.2 Å². The molecule has 1 unspecified atom stereocenters. The van der Waals surface area contributed by atoms with Crippen molar-refractivity contribution < 1.29 is 0 Å². The average molecular weight is 262 g/mol. The van der Waals surface area contributed by atoms with Crippen LogP contribution in [0.25, 0.3) is 0 Å². The first-order valence-electron chi connectivity index (χ1n) is 5.76. The van der Waals surface area contributed by atoms with E-state index in [1.54, 1.807) is 6.20 Å². The van der Waals surface area contributed by atoms with Gasteiger partial charge in [0.2, 0.25) is 0 Å². The van der Waals surface area contributed by atoms with Gasteiger partial charge in [0.25, 0.3) is 0 Å². The molecule has 94 valence electrons. The second-order valence-electron chi connectivity index (χ2n) is 4.26. The fraction of sp³-hybridized carbons (Fsp3) is 0.214. The molecule has 1 heterocycles. The molecule has 2 aromatic rings. The summed E-state index contributed by atoms with van der Waals surface area (Å²) in [6, 6.07) is 10.2. The summed E-state index contributed by atoms with van der Waals surface area (Å²) in [4.78, 5) is 4.10. The van der Waals surface area contributed by atoms with Crippen LogP contribution in [0.15, 0.2) is 36.5 Å². The number of hydrogen-bond donors (Lipinski definition) is 2. The maximum atomic E-state index is 5.98. The number of pyridine rings is 1. The Morgan fingerprint density at radius 1 is 1.28 bits per heavy atom. The van der Waals surface area contributed by atoms with E-state index in [0.717, 1.165) is 11.1 Å². The molecular formula is C14H16ClN3. The van der Waals surface area contributed by atoms with E-state index in [1.165, 1.54) is 5.56 Å². The first kappa shape index (κ1) is 12.9. The number of hydrogen-bond acceptors (Lipinski definition) is 3. The van der Waals surface area contributed by atoms with Gasteiger partial charge in [-0.3, -0.25) is 0 Å². The van der Waals surface area contributed by atoms with E-state index in [4.69, 9.17) is 17.3 Å². The molecule has 1 aromatic carbocycles. The van der Waals surface area contributed by atoms with Crippen LogP contribution in [0.5, 0.6) is 0 Å². The van der Waals surface area contributed by atoms with Crippen LogP contribution in [0.2, 0.25) is 5.02 Å². The maximum absolute atomic E-state index is 5.98. The lowest BCUT2D eigenvalue weighted by molar-refractivity contribution is 0.691. The Hall–Kier alpha value is -1.58. The highest BCUT2D eigenvalue weighted by Gasteiger charge is 2.15. The molecule has 3 N–H and O–H groups in total. The quantitative estimate of drug-likeness (QED) is 0.893. The molecule has 1 aromatic heterocycles. The Morgan fingerprint density at radius 2 is 1.94 bits per heavy atom. The Morgan fingerprint density at radius 3 is 2.56 bits per heavy atom. The van der Waals surface area contributed by atoms with E-state index in [1.807, 2.05) is 13.1 Å². The second kappa shape index (κ2) is 5.38. The molecule has 0 fully saturated rings. The normalized spacial score (nSPS) is 12.4. The molecule has 0 aliphatic carbocycles. The van der Waals surface area contributed by atoms with Crippen LogP contribution >= 0.6 is 11.6 Å². The van der Waals surface area contributed by atoms with Crippen molar-refractivity contribution in [2.75, 3.05) is 12.8 Å². The van der Waals surface area contributed by atoms with Gasteiger partial charge in [-0.05, 0) is 25.6 Å². The molecule has 3 nitrogen and oxygen atoms in total. The van der Waals surface area contributed by atoms with E-state index in [2.05, 4.69) is 41.5 Å². The molecule has 4 heteroatoms. The van der Waals surface area contributed by atoms with Crippen molar-refractivity contribution in [1.29, 1.82) is 0 Å². The van der Waals surface area contributed by atoms with Gasteiger partial charge in [0, 0.05) is 11.8 Å². The molecule has 0 saturated heterocycles. The Bertz CT molecular complexity index is 537. The fourth-order valence-electron chi connectivity index (χ4n) is 1.96. The monoisotopic (exact) mass is 261 g/mol. The number of nitrogen functional groups attached to an aromatic ring is 1. The minimum Gasteiger partial charge on any atom is -0.383 e. The predicted molar refractivity (Wildman–Crippen MR) is 75.7 cm³/mol. The summed E-state index contributed by atoms with van der Waals surface area (Å²) in [5.74, 6) is 0.499. The van der Waals surface area contributed by atoms with Gasteiger partial charge < -0.3 is 11.1 Å². The lowest BCUT2D eigenvalue weighted by atomic mass is 9.98. The van der Waals surface area contributed by atoms with Crippen LogP contribution in [0.1, 0.15) is 22.7 Å². The minimum absolute atomic E-state index is 0.00296. The molecule has 0 amide bonds. The zero-order valence-electron chi connectivity index (χ0n) is 10.4. The summed E-state index contributed by atoms with van der Waals surface area (Å²) < 4.78 is 0. The maximum Gasteiger partial charge on any atom is 0.128 e. The first-order chi connectivity index (χ1) is 8.61. The van der Waals surface area contributed by atoms with Crippen LogP contribution in [-0.2, 0) is 0 Å². The summed E-state index contributed by atoms with van der Waals surface area (Å²) in [5, 5.41) is 3.83. The van der Waals surface area contributed by atoms with Gasteiger partial charge in [0.15, 0.2) is 0 Å². The van der Waals surface area contributed by atoms with Crippen LogP contribution in [0.3, 0.4) is 0 Å². The van der Waals surface area contributed by atoms with Gasteiger partial charge in [-0.2, -0.15) is 0 Å². The number of rotatable bonds is 3.